The van der Waals surface area contributed by atoms with Gasteiger partial charge in [-0.3, -0.25) is 9.59 Å². The lowest BCUT2D eigenvalue weighted by Crippen LogP contribution is -2.56. The Hall–Kier alpha value is -1.06. The van der Waals surface area contributed by atoms with Gasteiger partial charge in [0, 0.05) is 19.5 Å². The summed E-state index contributed by atoms with van der Waals surface area (Å²) >= 11 is 0. The fourth-order valence-corrected chi connectivity index (χ4v) is 2.64. The smallest absolute Gasteiger partial charge is 0.248 e. The van der Waals surface area contributed by atoms with Gasteiger partial charge in [0.1, 0.15) is 5.54 Å². The van der Waals surface area contributed by atoms with Crippen molar-refractivity contribution in [3.63, 3.8) is 0 Å². The van der Waals surface area contributed by atoms with E-state index in [1.165, 1.54) is 0 Å². The molecule has 4 heteroatoms. The molecule has 2 fully saturated rings. The van der Waals surface area contributed by atoms with E-state index in [9.17, 15) is 9.59 Å². The molecule has 0 spiro atoms. The van der Waals surface area contributed by atoms with E-state index in [0.29, 0.717) is 24.8 Å². The summed E-state index contributed by atoms with van der Waals surface area (Å²) < 4.78 is 0. The van der Waals surface area contributed by atoms with Crippen molar-refractivity contribution in [3.05, 3.63) is 0 Å². The maximum atomic E-state index is 12.6. The van der Waals surface area contributed by atoms with Gasteiger partial charge in [0.2, 0.25) is 11.8 Å². The Kier molecular flexibility index (Phi) is 3.64. The Morgan fingerprint density at radius 2 is 2.06 bits per heavy atom. The number of nitrogens with zero attached hydrogens (tertiary/aromatic N) is 1. The van der Waals surface area contributed by atoms with Gasteiger partial charge in [-0.05, 0) is 38.0 Å². The minimum absolute atomic E-state index is 0.0183. The molecule has 1 heterocycles. The van der Waals surface area contributed by atoms with Gasteiger partial charge in [0.05, 0.1) is 0 Å². The van der Waals surface area contributed by atoms with Gasteiger partial charge in [-0.1, -0.05) is 13.8 Å². The number of nitrogens with one attached hydrogen (secondary N) is 1. The largest absolute Gasteiger partial charge is 0.342 e. The molecular formula is C14H24N2O2. The first-order chi connectivity index (χ1) is 8.43. The Labute approximate surface area is 109 Å². The summed E-state index contributed by atoms with van der Waals surface area (Å²) in [6.45, 7) is 7.56. The molecule has 0 aromatic carbocycles. The number of hydrogen-bond acceptors (Lipinski definition) is 2. The summed E-state index contributed by atoms with van der Waals surface area (Å²) in [5.41, 5.74) is -0.648. The van der Waals surface area contributed by atoms with Gasteiger partial charge >= 0.3 is 0 Å². The van der Waals surface area contributed by atoms with Crippen LogP contribution < -0.4 is 5.32 Å². The molecule has 1 atom stereocenters. The van der Waals surface area contributed by atoms with Crippen LogP contribution in [0.3, 0.4) is 0 Å². The number of hydrogen-bond donors (Lipinski definition) is 1. The summed E-state index contributed by atoms with van der Waals surface area (Å²) in [5, 5.41) is 2.95. The first-order valence-corrected chi connectivity index (χ1v) is 7.04. The zero-order chi connectivity index (χ0) is 13.3. The number of carbonyl (C=O) groups is 2. The second kappa shape index (κ2) is 4.90. The summed E-state index contributed by atoms with van der Waals surface area (Å²) in [6.07, 6.45) is 3.55. The van der Waals surface area contributed by atoms with E-state index in [1.807, 2.05) is 11.8 Å². The van der Waals surface area contributed by atoms with E-state index in [4.69, 9.17) is 0 Å². The van der Waals surface area contributed by atoms with Crippen LogP contribution in [-0.2, 0) is 9.59 Å². The zero-order valence-electron chi connectivity index (χ0n) is 11.7. The van der Waals surface area contributed by atoms with Gasteiger partial charge in [0.25, 0.3) is 0 Å². The molecule has 1 N–H and O–H groups in total. The molecule has 1 saturated heterocycles. The minimum Gasteiger partial charge on any atom is -0.342 e. The van der Waals surface area contributed by atoms with Gasteiger partial charge < -0.3 is 10.2 Å². The molecule has 0 aromatic heterocycles. The molecular weight excluding hydrogens is 228 g/mol. The predicted octanol–water partition coefficient (Wildman–Crippen LogP) is 1.55. The highest BCUT2D eigenvalue weighted by Gasteiger charge is 2.50. The van der Waals surface area contributed by atoms with Crippen molar-refractivity contribution in [1.29, 1.82) is 0 Å². The van der Waals surface area contributed by atoms with Crippen molar-refractivity contribution in [3.8, 4) is 0 Å². The number of rotatable bonds is 4. The maximum Gasteiger partial charge on any atom is 0.248 e. The van der Waals surface area contributed by atoms with Crippen LogP contribution in [0.5, 0.6) is 0 Å². The Bertz CT molecular complexity index is 350. The molecule has 2 amide bonds. The summed E-state index contributed by atoms with van der Waals surface area (Å²) in [4.78, 5) is 26.3. The van der Waals surface area contributed by atoms with Gasteiger partial charge in [-0.2, -0.15) is 0 Å². The second-order valence-electron chi connectivity index (χ2n) is 6.25. The minimum atomic E-state index is -0.648. The first-order valence-electron chi connectivity index (χ1n) is 7.04. The molecule has 0 aromatic rings. The molecule has 102 valence electrons. The standard InChI is InChI=1S/C14H24N2O2/c1-10(2)6-8-16-9-7-12(17)15-14(3,13(16)18)11-4-5-11/h10-11H,4-9H2,1-3H3,(H,15,17). The zero-order valence-corrected chi connectivity index (χ0v) is 11.7. The van der Waals surface area contributed by atoms with Crippen molar-refractivity contribution in [2.24, 2.45) is 11.8 Å². The van der Waals surface area contributed by atoms with Crippen LogP contribution >= 0.6 is 0 Å². The highest BCUT2D eigenvalue weighted by molar-refractivity contribution is 5.93. The Morgan fingerprint density at radius 3 is 2.61 bits per heavy atom. The van der Waals surface area contributed by atoms with Crippen LogP contribution in [0, 0.1) is 11.8 Å². The maximum absolute atomic E-state index is 12.6. The van der Waals surface area contributed by atoms with Crippen molar-refractivity contribution in [1.82, 2.24) is 10.2 Å². The van der Waals surface area contributed by atoms with Gasteiger partial charge in [0.15, 0.2) is 0 Å². The molecule has 2 aliphatic rings. The molecule has 1 unspecified atom stereocenters. The molecule has 18 heavy (non-hydrogen) atoms. The fourth-order valence-electron chi connectivity index (χ4n) is 2.64. The Balaban J connectivity index is 2.10. The van der Waals surface area contributed by atoms with Crippen LogP contribution in [0.15, 0.2) is 0 Å². The first kappa shape index (κ1) is 13.4. The third kappa shape index (κ3) is 2.68. The molecule has 4 nitrogen and oxygen atoms in total. The lowest BCUT2D eigenvalue weighted by molar-refractivity contribution is -0.139. The molecule has 1 aliphatic heterocycles. The third-order valence-corrected chi connectivity index (χ3v) is 4.11. The van der Waals surface area contributed by atoms with E-state index in [-0.39, 0.29) is 11.8 Å². The molecule has 1 saturated carbocycles. The van der Waals surface area contributed by atoms with Crippen molar-refractivity contribution >= 4 is 11.8 Å². The number of carbonyl (C=O) groups excluding carboxylic acids is 2. The lowest BCUT2D eigenvalue weighted by atomic mass is 9.94. The van der Waals surface area contributed by atoms with Gasteiger partial charge in [-0.15, -0.1) is 0 Å². The topological polar surface area (TPSA) is 49.4 Å². The van der Waals surface area contributed by atoms with Crippen LogP contribution in [0.1, 0.15) is 46.5 Å². The van der Waals surface area contributed by atoms with E-state index >= 15 is 0 Å². The molecule has 0 radical (unpaired) electrons. The van der Waals surface area contributed by atoms with E-state index in [0.717, 1.165) is 25.8 Å². The average Bonchev–Trinajstić information content (AvgIpc) is 3.10. The summed E-state index contributed by atoms with van der Waals surface area (Å²) in [6, 6.07) is 0. The summed E-state index contributed by atoms with van der Waals surface area (Å²) in [5.74, 6) is 1.06. The lowest BCUT2D eigenvalue weighted by Gasteiger charge is -2.32. The van der Waals surface area contributed by atoms with Crippen LogP contribution in [0.2, 0.25) is 0 Å². The van der Waals surface area contributed by atoms with E-state index in [2.05, 4.69) is 19.2 Å². The SMILES string of the molecule is CC(C)CCN1CCC(=O)NC(C)(C2CC2)C1=O. The molecule has 2 rings (SSSR count). The highest BCUT2D eigenvalue weighted by atomic mass is 16.2. The Morgan fingerprint density at radius 1 is 1.39 bits per heavy atom. The summed E-state index contributed by atoms with van der Waals surface area (Å²) in [7, 11) is 0. The van der Waals surface area contributed by atoms with Crippen LogP contribution in [0.25, 0.3) is 0 Å². The third-order valence-electron chi connectivity index (χ3n) is 4.11. The van der Waals surface area contributed by atoms with E-state index in [1.54, 1.807) is 0 Å². The highest BCUT2D eigenvalue weighted by Crippen LogP contribution is 2.41. The average molecular weight is 252 g/mol. The van der Waals surface area contributed by atoms with Crippen molar-refractivity contribution in [2.75, 3.05) is 13.1 Å². The van der Waals surface area contributed by atoms with Gasteiger partial charge in [-0.25, -0.2) is 0 Å². The predicted molar refractivity (Wildman–Crippen MR) is 69.9 cm³/mol. The normalized spacial score (nSPS) is 29.4. The van der Waals surface area contributed by atoms with E-state index < -0.39 is 5.54 Å². The monoisotopic (exact) mass is 252 g/mol. The molecule has 0 bridgehead atoms. The van der Waals surface area contributed by atoms with Crippen LogP contribution in [-0.4, -0.2) is 35.3 Å². The number of amides is 2. The fraction of sp³-hybridized carbons (Fsp3) is 0.857. The van der Waals surface area contributed by atoms with Crippen molar-refractivity contribution in [2.45, 2.75) is 52.0 Å². The molecule has 1 aliphatic carbocycles. The second-order valence-corrected chi connectivity index (χ2v) is 6.25. The van der Waals surface area contributed by atoms with Crippen LogP contribution in [0.4, 0.5) is 0 Å². The quantitative estimate of drug-likeness (QED) is 0.825. The van der Waals surface area contributed by atoms with Crippen molar-refractivity contribution < 1.29 is 9.59 Å².